The van der Waals surface area contributed by atoms with Crippen LogP contribution in [0.3, 0.4) is 0 Å². The lowest BCUT2D eigenvalue weighted by atomic mass is 9.94. The minimum Gasteiger partial charge on any atom is -0.381 e. The van der Waals surface area contributed by atoms with Crippen molar-refractivity contribution < 1.29 is 9.53 Å². The van der Waals surface area contributed by atoms with Gasteiger partial charge in [-0.3, -0.25) is 4.79 Å². The van der Waals surface area contributed by atoms with Crippen molar-refractivity contribution in [2.24, 2.45) is 11.8 Å². The summed E-state index contributed by atoms with van der Waals surface area (Å²) in [4.78, 5) is 15.0. The summed E-state index contributed by atoms with van der Waals surface area (Å²) in [7, 11) is 0. The molecule has 0 bridgehead atoms. The topological polar surface area (TPSA) is 41.6 Å². The molecule has 1 aliphatic carbocycles. The van der Waals surface area contributed by atoms with E-state index >= 15 is 0 Å². The molecule has 4 nitrogen and oxygen atoms in total. The molecule has 22 heavy (non-hydrogen) atoms. The zero-order valence-corrected chi connectivity index (χ0v) is 13.9. The van der Waals surface area contributed by atoms with Crippen LogP contribution >= 0.6 is 0 Å². The number of likely N-dealkylation sites (tertiary alicyclic amines) is 1. The molecule has 1 amide bonds. The van der Waals surface area contributed by atoms with Crippen LogP contribution in [0.4, 0.5) is 0 Å². The van der Waals surface area contributed by atoms with Crippen molar-refractivity contribution in [2.75, 3.05) is 32.8 Å². The maximum absolute atomic E-state index is 12.5. The van der Waals surface area contributed by atoms with Crippen molar-refractivity contribution in [3.8, 4) is 0 Å². The lowest BCUT2D eigenvalue weighted by molar-refractivity contribution is -0.127. The Bertz CT molecular complexity index is 339. The first-order chi connectivity index (χ1) is 10.8. The second-order valence-electron chi connectivity index (χ2n) is 7.50. The maximum atomic E-state index is 12.5. The fraction of sp³-hybridized carbons (Fsp3) is 0.944. The van der Waals surface area contributed by atoms with E-state index in [1.54, 1.807) is 0 Å². The van der Waals surface area contributed by atoms with Crippen molar-refractivity contribution in [1.82, 2.24) is 10.2 Å². The molecule has 1 atom stereocenters. The fourth-order valence-corrected chi connectivity index (χ4v) is 4.21. The summed E-state index contributed by atoms with van der Waals surface area (Å²) in [5.74, 6) is 1.30. The number of hydrogen-bond donors (Lipinski definition) is 1. The SMILES string of the molecule is O=C(NC1CCCCCC1)C1CCN(C[C@@H]2CCOC2)CC1. The predicted molar refractivity (Wildman–Crippen MR) is 87.7 cm³/mol. The van der Waals surface area contributed by atoms with E-state index in [2.05, 4.69) is 10.2 Å². The molecule has 0 spiro atoms. The number of rotatable bonds is 4. The van der Waals surface area contributed by atoms with Gasteiger partial charge in [-0.2, -0.15) is 0 Å². The number of nitrogens with zero attached hydrogens (tertiary/aromatic N) is 1. The van der Waals surface area contributed by atoms with E-state index in [4.69, 9.17) is 4.74 Å². The minimum atomic E-state index is 0.249. The van der Waals surface area contributed by atoms with Gasteiger partial charge in [0.25, 0.3) is 0 Å². The van der Waals surface area contributed by atoms with Crippen LogP contribution in [0, 0.1) is 11.8 Å². The van der Waals surface area contributed by atoms with Crippen LogP contribution in [-0.4, -0.2) is 49.7 Å². The van der Waals surface area contributed by atoms with Crippen LogP contribution in [0.25, 0.3) is 0 Å². The van der Waals surface area contributed by atoms with E-state index in [0.29, 0.717) is 11.9 Å². The molecule has 0 unspecified atom stereocenters. The second-order valence-corrected chi connectivity index (χ2v) is 7.50. The molecule has 2 heterocycles. The highest BCUT2D eigenvalue weighted by atomic mass is 16.5. The monoisotopic (exact) mass is 308 g/mol. The smallest absolute Gasteiger partial charge is 0.223 e. The minimum absolute atomic E-state index is 0.249. The van der Waals surface area contributed by atoms with Gasteiger partial charge in [0.15, 0.2) is 0 Å². The van der Waals surface area contributed by atoms with Gasteiger partial charge in [0, 0.05) is 25.1 Å². The van der Waals surface area contributed by atoms with Gasteiger partial charge in [-0.1, -0.05) is 25.7 Å². The first-order valence-electron chi connectivity index (χ1n) is 9.42. The van der Waals surface area contributed by atoms with Gasteiger partial charge in [0.05, 0.1) is 6.61 Å². The normalized spacial score (nSPS) is 29.4. The number of hydrogen-bond acceptors (Lipinski definition) is 3. The van der Waals surface area contributed by atoms with Gasteiger partial charge < -0.3 is 15.0 Å². The Hall–Kier alpha value is -0.610. The van der Waals surface area contributed by atoms with Gasteiger partial charge in [-0.05, 0) is 51.1 Å². The molecule has 1 N–H and O–H groups in total. The van der Waals surface area contributed by atoms with Crippen molar-refractivity contribution in [1.29, 1.82) is 0 Å². The zero-order valence-electron chi connectivity index (χ0n) is 13.9. The number of carbonyl (C=O) groups excluding carboxylic acids is 1. The van der Waals surface area contributed by atoms with Crippen LogP contribution in [0.5, 0.6) is 0 Å². The Morgan fingerprint density at radius 1 is 1.00 bits per heavy atom. The first kappa shape index (κ1) is 16.3. The third-order valence-electron chi connectivity index (χ3n) is 5.70. The number of ether oxygens (including phenoxy) is 1. The molecule has 126 valence electrons. The zero-order chi connectivity index (χ0) is 15.2. The quantitative estimate of drug-likeness (QED) is 0.812. The van der Waals surface area contributed by atoms with Crippen LogP contribution in [0.1, 0.15) is 57.8 Å². The van der Waals surface area contributed by atoms with Crippen molar-refractivity contribution in [2.45, 2.75) is 63.8 Å². The fourth-order valence-electron chi connectivity index (χ4n) is 4.21. The van der Waals surface area contributed by atoms with Crippen LogP contribution in [0.2, 0.25) is 0 Å². The average molecular weight is 308 g/mol. The summed E-state index contributed by atoms with van der Waals surface area (Å²) in [5, 5.41) is 3.34. The Kier molecular flexibility index (Phi) is 6.13. The molecule has 3 fully saturated rings. The first-order valence-corrected chi connectivity index (χ1v) is 9.42. The second kappa shape index (κ2) is 8.30. The number of carbonyl (C=O) groups is 1. The molecular weight excluding hydrogens is 276 g/mol. The largest absolute Gasteiger partial charge is 0.381 e. The molecule has 0 radical (unpaired) electrons. The van der Waals surface area contributed by atoms with Crippen molar-refractivity contribution in [3.63, 3.8) is 0 Å². The standard InChI is InChI=1S/C18H32N2O2/c21-18(19-17-5-3-1-2-4-6-17)16-7-10-20(11-8-16)13-15-9-12-22-14-15/h15-17H,1-14H2,(H,19,21)/t15-/m0/s1. The highest BCUT2D eigenvalue weighted by Crippen LogP contribution is 2.22. The third kappa shape index (κ3) is 4.69. The average Bonchev–Trinajstić information content (AvgIpc) is 2.91. The molecule has 0 aromatic carbocycles. The lowest BCUT2D eigenvalue weighted by Gasteiger charge is -2.33. The van der Waals surface area contributed by atoms with E-state index < -0.39 is 0 Å². The van der Waals surface area contributed by atoms with Gasteiger partial charge in [0.2, 0.25) is 5.91 Å². The summed E-state index contributed by atoms with van der Waals surface area (Å²) in [6.45, 7) is 5.20. The molecule has 0 aromatic rings. The summed E-state index contributed by atoms with van der Waals surface area (Å²) < 4.78 is 5.46. The van der Waals surface area contributed by atoms with Crippen molar-refractivity contribution in [3.05, 3.63) is 0 Å². The molecular formula is C18H32N2O2. The molecule has 0 aromatic heterocycles. The summed E-state index contributed by atoms with van der Waals surface area (Å²) >= 11 is 0. The third-order valence-corrected chi connectivity index (χ3v) is 5.70. The predicted octanol–water partition coefficient (Wildman–Crippen LogP) is 2.57. The highest BCUT2D eigenvalue weighted by molar-refractivity contribution is 5.79. The van der Waals surface area contributed by atoms with E-state index in [-0.39, 0.29) is 5.92 Å². The Morgan fingerprint density at radius 3 is 2.36 bits per heavy atom. The highest BCUT2D eigenvalue weighted by Gasteiger charge is 2.28. The van der Waals surface area contributed by atoms with E-state index in [1.807, 2.05) is 0 Å². The molecule has 3 rings (SSSR count). The van der Waals surface area contributed by atoms with Crippen LogP contribution in [-0.2, 0) is 9.53 Å². The number of nitrogens with one attached hydrogen (secondary N) is 1. The van der Waals surface area contributed by atoms with Gasteiger partial charge in [-0.15, -0.1) is 0 Å². The Morgan fingerprint density at radius 2 is 1.73 bits per heavy atom. The Labute approximate surface area is 135 Å². The Balaban J connectivity index is 1.37. The molecule has 1 saturated carbocycles. The summed E-state index contributed by atoms with van der Waals surface area (Å²) in [6, 6.07) is 0.448. The molecule has 2 aliphatic heterocycles. The summed E-state index contributed by atoms with van der Waals surface area (Å²) in [6.07, 6.45) is 10.9. The van der Waals surface area contributed by atoms with Gasteiger partial charge in [-0.25, -0.2) is 0 Å². The van der Waals surface area contributed by atoms with Crippen LogP contribution in [0.15, 0.2) is 0 Å². The molecule has 3 aliphatic rings. The maximum Gasteiger partial charge on any atom is 0.223 e. The van der Waals surface area contributed by atoms with Crippen molar-refractivity contribution >= 4 is 5.91 Å². The van der Waals surface area contributed by atoms with E-state index in [9.17, 15) is 4.79 Å². The number of amides is 1. The van der Waals surface area contributed by atoms with Gasteiger partial charge in [0.1, 0.15) is 0 Å². The lowest BCUT2D eigenvalue weighted by Crippen LogP contribution is -2.44. The molecule has 4 heteroatoms. The molecule has 2 saturated heterocycles. The van der Waals surface area contributed by atoms with Gasteiger partial charge >= 0.3 is 0 Å². The van der Waals surface area contributed by atoms with E-state index in [0.717, 1.165) is 51.6 Å². The summed E-state index contributed by atoms with van der Waals surface area (Å²) in [5.41, 5.74) is 0. The van der Waals surface area contributed by atoms with E-state index in [1.165, 1.54) is 44.9 Å². The van der Waals surface area contributed by atoms with Crippen LogP contribution < -0.4 is 5.32 Å². The number of piperidine rings is 1.